The van der Waals surface area contributed by atoms with Gasteiger partial charge in [-0.15, -0.1) is 28.5 Å². The molecule has 0 aliphatic heterocycles. The predicted molar refractivity (Wildman–Crippen MR) is 124 cm³/mol. The van der Waals surface area contributed by atoms with Gasteiger partial charge < -0.3 is 14.9 Å². The van der Waals surface area contributed by atoms with Crippen molar-refractivity contribution < 1.29 is 25.8 Å². The van der Waals surface area contributed by atoms with Crippen LogP contribution in [0.15, 0.2) is 24.3 Å². The summed E-state index contributed by atoms with van der Waals surface area (Å²) in [5.74, 6) is 0. The summed E-state index contributed by atoms with van der Waals surface area (Å²) < 4.78 is 0. The van der Waals surface area contributed by atoms with Crippen LogP contribution in [0.1, 0.15) is 58.4 Å². The number of rotatable bonds is 0. The van der Waals surface area contributed by atoms with Gasteiger partial charge in [-0.2, -0.15) is 39.9 Å². The first-order chi connectivity index (χ1) is 11.6. The topological polar surface area (TPSA) is 0 Å². The predicted octanol–water partition coefficient (Wildman–Crippen LogP) is 7.84. The van der Waals surface area contributed by atoms with E-state index in [-0.39, 0.29) is 40.7 Å². The molecule has 28 heavy (non-hydrogen) atoms. The van der Waals surface area contributed by atoms with Crippen molar-refractivity contribution in [2.75, 3.05) is 0 Å². The first-order valence-corrected chi connectivity index (χ1v) is 9.48. The van der Waals surface area contributed by atoms with Crippen molar-refractivity contribution in [1.29, 1.82) is 0 Å². The second kappa shape index (κ2) is 9.70. The van der Waals surface area contributed by atoms with Crippen LogP contribution in [0, 0.1) is 61.8 Å². The van der Waals surface area contributed by atoms with Gasteiger partial charge in [-0.1, -0.05) is 66.5 Å². The summed E-state index contributed by atoms with van der Waals surface area (Å²) in [6, 6.07) is 9.28. The van der Waals surface area contributed by atoms with Crippen molar-refractivity contribution in [3.05, 3.63) is 83.6 Å². The zero-order valence-corrected chi connectivity index (χ0v) is 23.3. The molecule has 4 rings (SSSR count). The van der Waals surface area contributed by atoms with Crippen molar-refractivity contribution in [3.63, 3.8) is 0 Å². The van der Waals surface area contributed by atoms with E-state index in [0.717, 1.165) is 0 Å². The monoisotopic (exact) mass is 542 g/mol. The van der Waals surface area contributed by atoms with Gasteiger partial charge in [-0.05, 0) is 18.3 Å². The molecule has 0 atom stereocenters. The zero-order valence-electron chi connectivity index (χ0n) is 19.7. The van der Waals surface area contributed by atoms with Crippen LogP contribution < -0.4 is 0 Å². The van der Waals surface area contributed by atoms with Gasteiger partial charge >= 0.3 is 25.8 Å². The van der Waals surface area contributed by atoms with Crippen LogP contribution in [0.25, 0.3) is 10.8 Å². The van der Waals surface area contributed by atoms with E-state index in [1.807, 2.05) is 0 Å². The van der Waals surface area contributed by atoms with Crippen molar-refractivity contribution in [2.24, 2.45) is 5.41 Å². The zero-order chi connectivity index (χ0) is 18.5. The molecule has 3 aromatic carbocycles. The Morgan fingerprint density at radius 3 is 1.71 bits per heavy atom. The molecular weight excluding hydrogens is 503 g/mol. The summed E-state index contributed by atoms with van der Waals surface area (Å²) in [6.07, 6.45) is 2.48. The molecule has 0 fully saturated rings. The van der Waals surface area contributed by atoms with E-state index in [1.165, 1.54) is 57.0 Å². The van der Waals surface area contributed by atoms with E-state index in [2.05, 4.69) is 79.7 Å². The Kier molecular flexibility index (Phi) is 9.37. The minimum absolute atomic E-state index is 0. The van der Waals surface area contributed by atoms with E-state index in [9.17, 15) is 0 Å². The fourth-order valence-electron chi connectivity index (χ4n) is 4.32. The molecule has 0 nitrogen and oxygen atoms in total. The van der Waals surface area contributed by atoms with Crippen molar-refractivity contribution in [3.8, 4) is 0 Å². The van der Waals surface area contributed by atoms with Gasteiger partial charge in [0.1, 0.15) is 0 Å². The molecule has 0 bridgehead atoms. The molecule has 0 unspecified atom stereocenters. The average Bonchev–Trinajstić information content (AvgIpc) is 3.11. The number of fused-ring (bicyclic) bond motifs is 2. The molecule has 1 aliphatic carbocycles. The molecule has 150 valence electrons. The molecule has 0 spiro atoms. The van der Waals surface area contributed by atoms with Gasteiger partial charge in [0.2, 0.25) is 0 Å². The van der Waals surface area contributed by atoms with E-state index in [4.69, 9.17) is 0 Å². The van der Waals surface area contributed by atoms with Crippen molar-refractivity contribution >= 4 is 10.8 Å². The molecule has 1 aliphatic rings. The number of aryl methyl sites for hydroxylation is 1. The second-order valence-electron chi connectivity index (χ2n) is 8.87. The molecule has 0 radical (unpaired) electrons. The van der Waals surface area contributed by atoms with Crippen LogP contribution in [0.4, 0.5) is 0 Å². The summed E-state index contributed by atoms with van der Waals surface area (Å²) in [6.45, 7) is 17.9. The van der Waals surface area contributed by atoms with Gasteiger partial charge in [0, 0.05) is 0 Å². The smallest absolute Gasteiger partial charge is 0.358 e. The van der Waals surface area contributed by atoms with Gasteiger partial charge in [0.25, 0.3) is 0 Å². The van der Waals surface area contributed by atoms with Gasteiger partial charge in [0.05, 0.1) is 0 Å². The first kappa shape index (κ1) is 27.1. The summed E-state index contributed by atoms with van der Waals surface area (Å²) in [4.78, 5) is 0. The fraction of sp³-hybridized carbons (Fsp3) is 0.407. The van der Waals surface area contributed by atoms with E-state index in [0.29, 0.717) is 5.41 Å². The molecule has 0 aromatic heterocycles. The van der Waals surface area contributed by atoms with E-state index in [1.54, 1.807) is 11.1 Å². The maximum absolute atomic E-state index is 2.41. The average molecular weight is 541 g/mol. The third-order valence-corrected chi connectivity index (χ3v) is 6.46. The van der Waals surface area contributed by atoms with Crippen molar-refractivity contribution in [2.45, 2.75) is 68.2 Å². The molecule has 0 saturated heterocycles. The summed E-state index contributed by atoms with van der Waals surface area (Å²) in [5.41, 5.74) is 12.4. The van der Waals surface area contributed by atoms with Gasteiger partial charge in [-0.3, -0.25) is 0 Å². The Morgan fingerprint density at radius 1 is 0.821 bits per heavy atom. The Balaban J connectivity index is 0.000000503. The quantitative estimate of drug-likeness (QED) is 0.201. The maximum atomic E-state index is 2.41. The molecule has 1 heteroatoms. The molecule has 0 heterocycles. The van der Waals surface area contributed by atoms with Crippen LogP contribution in [0.2, 0.25) is 0 Å². The number of hydrogen-bond donors (Lipinski definition) is 0. The van der Waals surface area contributed by atoms with E-state index < -0.39 is 0 Å². The molecular formula is C27H38Hf. The van der Waals surface area contributed by atoms with Crippen LogP contribution >= 0.6 is 0 Å². The van der Waals surface area contributed by atoms with Crippen LogP contribution in [-0.2, 0) is 38.7 Å². The summed E-state index contributed by atoms with van der Waals surface area (Å²) >= 11 is 0. The van der Waals surface area contributed by atoms with Gasteiger partial charge in [0.15, 0.2) is 0 Å². The first-order valence-electron chi connectivity index (χ1n) is 9.48. The SMILES string of the molecule is C[c-]1ccc2cc3c(cc21)CC(C)(C)C3.Cc1c(C)c(C)[c-](C)c1C.[CH3-].[CH3-].[Hf+4]. The molecule has 3 aromatic rings. The molecule has 0 saturated carbocycles. The standard InChI is InChI=1S/C15H17.C10H15.2CH3.Hf/c1-10-4-5-11-6-12-8-15(2,3)9-13(12)7-14(10)11;1-6-7(2)9(4)10(5)8(6)3;;;/h4-7H,8-9H2,1-3H3;1-5H3;2*1H3;/q4*-1;+4. The van der Waals surface area contributed by atoms with Crippen LogP contribution in [-0.4, -0.2) is 0 Å². The van der Waals surface area contributed by atoms with Crippen LogP contribution in [0.3, 0.4) is 0 Å². The molecule has 0 amide bonds. The summed E-state index contributed by atoms with van der Waals surface area (Å²) in [7, 11) is 0. The number of benzene rings is 1. The Morgan fingerprint density at radius 2 is 1.29 bits per heavy atom. The molecule has 0 N–H and O–H groups in total. The Labute approximate surface area is 193 Å². The van der Waals surface area contributed by atoms with Crippen molar-refractivity contribution in [1.82, 2.24) is 0 Å². The maximum Gasteiger partial charge on any atom is 4.00 e. The van der Waals surface area contributed by atoms with Crippen LogP contribution in [0.5, 0.6) is 0 Å². The number of hydrogen-bond acceptors (Lipinski definition) is 0. The Hall–Kier alpha value is -0.950. The third kappa shape index (κ3) is 4.96. The normalized spacial score (nSPS) is 13.6. The Bertz CT molecular complexity index is 851. The fourth-order valence-corrected chi connectivity index (χ4v) is 4.32. The third-order valence-electron chi connectivity index (χ3n) is 6.46. The second-order valence-corrected chi connectivity index (χ2v) is 8.87. The van der Waals surface area contributed by atoms with E-state index >= 15 is 0 Å². The minimum atomic E-state index is 0. The summed E-state index contributed by atoms with van der Waals surface area (Å²) in [5, 5.41) is 2.87. The largest absolute Gasteiger partial charge is 4.00 e. The van der Waals surface area contributed by atoms with Gasteiger partial charge in [-0.25, -0.2) is 0 Å². The minimum Gasteiger partial charge on any atom is -0.358 e.